The van der Waals surface area contributed by atoms with Crippen molar-refractivity contribution in [1.82, 2.24) is 9.80 Å². The van der Waals surface area contributed by atoms with Crippen molar-refractivity contribution < 1.29 is 9.18 Å². The van der Waals surface area contributed by atoms with Crippen molar-refractivity contribution in [2.45, 2.75) is 32.1 Å². The van der Waals surface area contributed by atoms with E-state index in [-0.39, 0.29) is 11.7 Å². The summed E-state index contributed by atoms with van der Waals surface area (Å²) in [6.45, 7) is 7.17. The molecule has 2 saturated heterocycles. The predicted molar refractivity (Wildman–Crippen MR) is 132 cm³/mol. The number of likely N-dealkylation sites (tertiary alicyclic amines) is 2. The third-order valence-electron chi connectivity index (χ3n) is 7.83. The van der Waals surface area contributed by atoms with E-state index in [2.05, 4.69) is 34.9 Å². The number of benzene rings is 3. The first kappa shape index (κ1) is 22.1. The van der Waals surface area contributed by atoms with Crippen LogP contribution < -0.4 is 0 Å². The SMILES string of the molecule is CC[C@@H]1CN(C(=O)c2cccc3ccccc23)CC1CN1CCC(c2ccc(F)cc2)CC1. The van der Waals surface area contributed by atoms with Crippen molar-refractivity contribution in [1.29, 1.82) is 0 Å². The molecular weight excluding hydrogens is 411 g/mol. The van der Waals surface area contributed by atoms with Crippen LogP contribution in [0.25, 0.3) is 10.8 Å². The first-order valence-electron chi connectivity index (χ1n) is 12.4. The molecule has 2 aliphatic heterocycles. The molecule has 3 nitrogen and oxygen atoms in total. The van der Waals surface area contributed by atoms with E-state index in [1.165, 1.54) is 5.56 Å². The molecule has 4 heteroatoms. The number of carbonyl (C=O) groups excluding carboxylic acids is 1. The first-order valence-corrected chi connectivity index (χ1v) is 12.4. The number of amides is 1. The molecule has 0 aromatic heterocycles. The molecule has 2 fully saturated rings. The summed E-state index contributed by atoms with van der Waals surface area (Å²) < 4.78 is 13.3. The van der Waals surface area contributed by atoms with Gasteiger partial charge in [-0.05, 0) is 78.2 Å². The summed E-state index contributed by atoms with van der Waals surface area (Å²) >= 11 is 0. The van der Waals surface area contributed by atoms with E-state index in [1.54, 1.807) is 12.1 Å². The van der Waals surface area contributed by atoms with Gasteiger partial charge in [-0.2, -0.15) is 0 Å². The number of rotatable bonds is 5. The van der Waals surface area contributed by atoms with Gasteiger partial charge in [0.1, 0.15) is 5.82 Å². The smallest absolute Gasteiger partial charge is 0.254 e. The Bertz CT molecular complexity index is 1100. The monoisotopic (exact) mass is 444 g/mol. The first-order chi connectivity index (χ1) is 16.1. The number of carbonyl (C=O) groups is 1. The van der Waals surface area contributed by atoms with E-state index in [0.29, 0.717) is 17.8 Å². The minimum absolute atomic E-state index is 0.161. The lowest BCUT2D eigenvalue weighted by molar-refractivity contribution is 0.0782. The van der Waals surface area contributed by atoms with E-state index >= 15 is 0 Å². The molecule has 33 heavy (non-hydrogen) atoms. The van der Waals surface area contributed by atoms with Crippen LogP contribution in [0.4, 0.5) is 4.39 Å². The molecule has 3 aromatic carbocycles. The summed E-state index contributed by atoms with van der Waals surface area (Å²) in [5.41, 5.74) is 2.08. The predicted octanol–water partition coefficient (Wildman–Crippen LogP) is 5.96. The summed E-state index contributed by atoms with van der Waals surface area (Å²) in [5, 5.41) is 2.17. The Morgan fingerprint density at radius 3 is 2.36 bits per heavy atom. The normalized spacial score (nSPS) is 22.2. The van der Waals surface area contributed by atoms with Crippen LogP contribution in [0, 0.1) is 17.7 Å². The van der Waals surface area contributed by atoms with Gasteiger partial charge in [0.05, 0.1) is 0 Å². The Kier molecular flexibility index (Phi) is 6.45. The van der Waals surface area contributed by atoms with E-state index in [0.717, 1.165) is 68.3 Å². The Balaban J connectivity index is 1.22. The molecule has 0 N–H and O–H groups in total. The molecule has 2 heterocycles. The molecule has 0 radical (unpaired) electrons. The summed E-state index contributed by atoms with van der Waals surface area (Å²) in [5.74, 6) is 1.61. The lowest BCUT2D eigenvalue weighted by atomic mass is 9.88. The van der Waals surface area contributed by atoms with Crippen LogP contribution in [-0.2, 0) is 0 Å². The molecule has 172 valence electrons. The zero-order chi connectivity index (χ0) is 22.8. The summed E-state index contributed by atoms with van der Waals surface area (Å²) in [7, 11) is 0. The van der Waals surface area contributed by atoms with Crippen molar-refractivity contribution in [3.8, 4) is 0 Å². The maximum absolute atomic E-state index is 13.5. The van der Waals surface area contributed by atoms with Crippen molar-refractivity contribution in [2.24, 2.45) is 11.8 Å². The molecule has 5 rings (SSSR count). The number of piperidine rings is 1. The largest absolute Gasteiger partial charge is 0.338 e. The van der Waals surface area contributed by atoms with E-state index in [1.807, 2.05) is 36.4 Å². The molecule has 0 saturated carbocycles. The molecule has 0 spiro atoms. The highest BCUT2D eigenvalue weighted by Crippen LogP contribution is 2.33. The lowest BCUT2D eigenvalue weighted by Gasteiger charge is -2.34. The van der Waals surface area contributed by atoms with Crippen LogP contribution in [-0.4, -0.2) is 48.4 Å². The van der Waals surface area contributed by atoms with Crippen LogP contribution in [0.3, 0.4) is 0 Å². The fraction of sp³-hybridized carbons (Fsp3) is 0.414. The van der Waals surface area contributed by atoms with Gasteiger partial charge in [-0.1, -0.05) is 61.9 Å². The van der Waals surface area contributed by atoms with Gasteiger partial charge in [-0.3, -0.25) is 4.79 Å². The molecular formula is C29H33FN2O. The van der Waals surface area contributed by atoms with E-state index < -0.39 is 0 Å². The molecule has 3 aromatic rings. The standard InChI is InChI=1S/C29H33FN2O/c1-2-21-19-32(29(33)28-9-5-7-24-6-3-4-8-27(24)28)20-25(21)18-31-16-14-23(15-17-31)22-10-12-26(30)13-11-22/h3-13,21,23,25H,2,14-20H2,1H3/t21-,25?/m1/s1. The lowest BCUT2D eigenvalue weighted by Crippen LogP contribution is -2.38. The van der Waals surface area contributed by atoms with Gasteiger partial charge in [0.2, 0.25) is 0 Å². The summed E-state index contributed by atoms with van der Waals surface area (Å²) in [4.78, 5) is 18.1. The maximum Gasteiger partial charge on any atom is 0.254 e. The van der Waals surface area contributed by atoms with Gasteiger partial charge < -0.3 is 9.80 Å². The van der Waals surface area contributed by atoms with Gasteiger partial charge in [0.25, 0.3) is 5.91 Å². The minimum Gasteiger partial charge on any atom is -0.338 e. The van der Waals surface area contributed by atoms with E-state index in [9.17, 15) is 9.18 Å². The van der Waals surface area contributed by atoms with Crippen LogP contribution in [0.1, 0.15) is 48.0 Å². The van der Waals surface area contributed by atoms with Crippen molar-refractivity contribution in [3.63, 3.8) is 0 Å². The average molecular weight is 445 g/mol. The van der Waals surface area contributed by atoms with Crippen LogP contribution in [0.15, 0.2) is 66.7 Å². The van der Waals surface area contributed by atoms with Crippen molar-refractivity contribution in [3.05, 3.63) is 83.7 Å². The fourth-order valence-corrected chi connectivity index (χ4v) is 5.87. The number of nitrogens with zero attached hydrogens (tertiary/aromatic N) is 2. The van der Waals surface area contributed by atoms with Gasteiger partial charge >= 0.3 is 0 Å². The highest BCUT2D eigenvalue weighted by Gasteiger charge is 2.36. The highest BCUT2D eigenvalue weighted by atomic mass is 19.1. The van der Waals surface area contributed by atoms with Gasteiger partial charge in [0, 0.05) is 25.2 Å². The third-order valence-corrected chi connectivity index (χ3v) is 7.83. The van der Waals surface area contributed by atoms with Crippen LogP contribution in [0.2, 0.25) is 0 Å². The molecule has 0 bridgehead atoms. The van der Waals surface area contributed by atoms with Gasteiger partial charge in [-0.25, -0.2) is 4.39 Å². The van der Waals surface area contributed by atoms with Crippen molar-refractivity contribution >= 4 is 16.7 Å². The quantitative estimate of drug-likeness (QED) is 0.485. The Morgan fingerprint density at radius 2 is 1.61 bits per heavy atom. The number of hydrogen-bond donors (Lipinski definition) is 0. The molecule has 1 unspecified atom stereocenters. The number of halogens is 1. The molecule has 0 aliphatic carbocycles. The zero-order valence-corrected chi connectivity index (χ0v) is 19.4. The Morgan fingerprint density at radius 1 is 0.909 bits per heavy atom. The highest BCUT2D eigenvalue weighted by molar-refractivity contribution is 6.07. The zero-order valence-electron chi connectivity index (χ0n) is 19.4. The second-order valence-corrected chi connectivity index (χ2v) is 9.79. The van der Waals surface area contributed by atoms with Gasteiger partial charge in [0.15, 0.2) is 0 Å². The van der Waals surface area contributed by atoms with Crippen LogP contribution in [0.5, 0.6) is 0 Å². The van der Waals surface area contributed by atoms with Gasteiger partial charge in [-0.15, -0.1) is 0 Å². The Hall–Kier alpha value is -2.72. The Labute approximate surface area is 196 Å². The number of hydrogen-bond acceptors (Lipinski definition) is 2. The average Bonchev–Trinajstić information content (AvgIpc) is 3.27. The fourth-order valence-electron chi connectivity index (χ4n) is 5.87. The van der Waals surface area contributed by atoms with Crippen LogP contribution >= 0.6 is 0 Å². The molecule has 1 amide bonds. The second kappa shape index (κ2) is 9.64. The van der Waals surface area contributed by atoms with E-state index in [4.69, 9.17) is 0 Å². The molecule has 2 aliphatic rings. The maximum atomic E-state index is 13.5. The third kappa shape index (κ3) is 4.67. The number of fused-ring (bicyclic) bond motifs is 1. The second-order valence-electron chi connectivity index (χ2n) is 9.79. The molecule has 2 atom stereocenters. The van der Waals surface area contributed by atoms with Crippen molar-refractivity contribution in [2.75, 3.05) is 32.7 Å². The topological polar surface area (TPSA) is 23.6 Å². The minimum atomic E-state index is -0.161. The summed E-state index contributed by atoms with van der Waals surface area (Å²) in [6, 6.07) is 21.2. The summed E-state index contributed by atoms with van der Waals surface area (Å²) in [6.07, 6.45) is 3.34.